The van der Waals surface area contributed by atoms with Gasteiger partial charge in [0, 0.05) is 13.3 Å². The van der Waals surface area contributed by atoms with Gasteiger partial charge in [-0.15, -0.1) is 0 Å². The van der Waals surface area contributed by atoms with Crippen molar-refractivity contribution in [1.82, 2.24) is 0 Å². The highest BCUT2D eigenvalue weighted by molar-refractivity contribution is 5.57. The van der Waals surface area contributed by atoms with Gasteiger partial charge >= 0.3 is 6.16 Å². The smallest absolute Gasteiger partial charge is 0.450 e. The van der Waals surface area contributed by atoms with Gasteiger partial charge in [-0.1, -0.05) is 26.2 Å². The van der Waals surface area contributed by atoms with E-state index in [9.17, 15) is 4.79 Å². The summed E-state index contributed by atoms with van der Waals surface area (Å²) in [6.07, 6.45) is 4.99. The molecule has 0 saturated heterocycles. The average molecular weight is 274 g/mol. The van der Waals surface area contributed by atoms with Crippen molar-refractivity contribution in [3.05, 3.63) is 0 Å². The Morgan fingerprint density at radius 2 is 1.74 bits per heavy atom. The van der Waals surface area contributed by atoms with E-state index < -0.39 is 17.5 Å². The lowest BCUT2D eigenvalue weighted by Crippen LogP contribution is -2.41. The van der Waals surface area contributed by atoms with Crippen LogP contribution in [0.4, 0.5) is 4.79 Å². The van der Waals surface area contributed by atoms with Gasteiger partial charge in [-0.25, -0.2) is 9.68 Å². The molecule has 1 unspecified atom stereocenters. The summed E-state index contributed by atoms with van der Waals surface area (Å²) < 4.78 is 4.74. The molecule has 19 heavy (non-hydrogen) atoms. The van der Waals surface area contributed by atoms with E-state index in [1.54, 1.807) is 13.8 Å². The van der Waals surface area contributed by atoms with Crippen LogP contribution in [0, 0.1) is 5.92 Å². The fourth-order valence-corrected chi connectivity index (χ4v) is 2.39. The Morgan fingerprint density at radius 3 is 2.21 bits per heavy atom. The summed E-state index contributed by atoms with van der Waals surface area (Å²) in [6.45, 7) is 7.33. The lowest BCUT2D eigenvalue weighted by molar-refractivity contribution is -0.455. The van der Waals surface area contributed by atoms with Crippen LogP contribution >= 0.6 is 0 Å². The summed E-state index contributed by atoms with van der Waals surface area (Å²) in [5.74, 6) is -0.815. The third-order valence-corrected chi connectivity index (χ3v) is 3.97. The number of hydrogen-bond acceptors (Lipinski definition) is 4. The monoisotopic (exact) mass is 274 g/mol. The van der Waals surface area contributed by atoms with Gasteiger partial charge in [0.15, 0.2) is 0 Å². The summed E-state index contributed by atoms with van der Waals surface area (Å²) in [4.78, 5) is 21.5. The van der Waals surface area contributed by atoms with Crippen LogP contribution in [-0.4, -0.2) is 22.7 Å². The van der Waals surface area contributed by atoms with Crippen LogP contribution in [0.3, 0.4) is 0 Å². The number of carboxylic acid groups (broad SMARTS) is 1. The normalized spacial score (nSPS) is 20.8. The molecule has 1 N–H and O–H groups in total. The maximum atomic E-state index is 10.6. The third kappa shape index (κ3) is 4.99. The molecule has 0 aromatic heterocycles. The fraction of sp³-hybridized carbons (Fsp3) is 0.929. The quantitative estimate of drug-likeness (QED) is 0.341. The minimum atomic E-state index is -1.36. The molecule has 1 saturated carbocycles. The van der Waals surface area contributed by atoms with Gasteiger partial charge in [0.05, 0.1) is 0 Å². The van der Waals surface area contributed by atoms with Crippen molar-refractivity contribution in [2.75, 3.05) is 0 Å². The summed E-state index contributed by atoms with van der Waals surface area (Å²) in [6, 6.07) is 0. The molecule has 0 bridgehead atoms. The first-order chi connectivity index (χ1) is 8.79. The van der Waals surface area contributed by atoms with E-state index in [1.807, 2.05) is 13.8 Å². The molecule has 0 spiro atoms. The number of hydrogen-bond donors (Lipinski definition) is 1. The molecule has 112 valence electrons. The van der Waals surface area contributed by atoms with Gasteiger partial charge in [-0.05, 0) is 32.6 Å². The first-order valence-electron chi connectivity index (χ1n) is 7.08. The zero-order valence-corrected chi connectivity index (χ0v) is 12.4. The van der Waals surface area contributed by atoms with Crippen molar-refractivity contribution >= 4 is 6.16 Å². The molecule has 0 aromatic rings. The predicted octanol–water partition coefficient (Wildman–Crippen LogP) is 4.11. The molecule has 5 heteroatoms. The average Bonchev–Trinajstić information content (AvgIpc) is 2.37. The Morgan fingerprint density at radius 1 is 1.16 bits per heavy atom. The van der Waals surface area contributed by atoms with Crippen molar-refractivity contribution in [3.8, 4) is 0 Å². The molecular formula is C14H26O5. The zero-order valence-electron chi connectivity index (χ0n) is 12.4. The van der Waals surface area contributed by atoms with Crippen LogP contribution in [0.25, 0.3) is 0 Å². The molecule has 1 aliphatic rings. The molecule has 0 aromatic carbocycles. The standard InChI is InChI=1S/C14H26O5/c1-5-14(4,17-12(15)16)19-18-13(2,3)11-9-7-6-8-10-11/h11H,5-10H2,1-4H3,(H,15,16). The van der Waals surface area contributed by atoms with Crippen molar-refractivity contribution in [2.24, 2.45) is 5.92 Å². The Hall–Kier alpha value is -0.810. The predicted molar refractivity (Wildman–Crippen MR) is 70.6 cm³/mol. The molecule has 1 fully saturated rings. The maximum Gasteiger partial charge on any atom is 0.508 e. The van der Waals surface area contributed by atoms with E-state index >= 15 is 0 Å². The van der Waals surface area contributed by atoms with E-state index in [0.29, 0.717) is 12.3 Å². The number of carbonyl (C=O) groups is 1. The number of ether oxygens (including phenoxy) is 1. The Balaban J connectivity index is 2.54. The van der Waals surface area contributed by atoms with Gasteiger partial charge in [0.25, 0.3) is 0 Å². The third-order valence-electron chi connectivity index (χ3n) is 3.97. The van der Waals surface area contributed by atoms with Crippen LogP contribution in [-0.2, 0) is 14.5 Å². The minimum absolute atomic E-state index is 0.389. The Kier molecular flexibility index (Phi) is 5.62. The minimum Gasteiger partial charge on any atom is -0.450 e. The molecule has 1 atom stereocenters. The largest absolute Gasteiger partial charge is 0.508 e. The Labute approximate surface area is 115 Å². The highest BCUT2D eigenvalue weighted by atomic mass is 17.2. The van der Waals surface area contributed by atoms with E-state index in [-0.39, 0.29) is 0 Å². The summed E-state index contributed by atoms with van der Waals surface area (Å²) in [5.41, 5.74) is -0.432. The maximum absolute atomic E-state index is 10.6. The summed E-state index contributed by atoms with van der Waals surface area (Å²) in [5, 5.41) is 8.70. The van der Waals surface area contributed by atoms with Crippen LogP contribution in [0.2, 0.25) is 0 Å². The van der Waals surface area contributed by atoms with Crippen molar-refractivity contribution < 1.29 is 24.4 Å². The highest BCUT2D eigenvalue weighted by Crippen LogP contribution is 2.36. The van der Waals surface area contributed by atoms with E-state index in [0.717, 1.165) is 12.8 Å². The van der Waals surface area contributed by atoms with Crippen LogP contribution in [0.1, 0.15) is 66.2 Å². The summed E-state index contributed by atoms with van der Waals surface area (Å²) >= 11 is 0. The lowest BCUT2D eigenvalue weighted by Gasteiger charge is -2.37. The van der Waals surface area contributed by atoms with Crippen molar-refractivity contribution in [3.63, 3.8) is 0 Å². The van der Waals surface area contributed by atoms with Gasteiger partial charge in [0.1, 0.15) is 5.60 Å². The molecule has 1 aliphatic carbocycles. The van der Waals surface area contributed by atoms with Crippen LogP contribution < -0.4 is 0 Å². The van der Waals surface area contributed by atoms with Gasteiger partial charge in [-0.3, -0.25) is 0 Å². The molecular weight excluding hydrogens is 248 g/mol. The topological polar surface area (TPSA) is 65.0 Å². The van der Waals surface area contributed by atoms with Crippen molar-refractivity contribution in [1.29, 1.82) is 0 Å². The second kappa shape index (κ2) is 6.57. The first-order valence-corrected chi connectivity index (χ1v) is 7.08. The van der Waals surface area contributed by atoms with Crippen LogP contribution in [0.15, 0.2) is 0 Å². The second-order valence-electron chi connectivity index (χ2n) is 5.96. The van der Waals surface area contributed by atoms with E-state index in [1.165, 1.54) is 19.3 Å². The molecule has 0 radical (unpaired) electrons. The van der Waals surface area contributed by atoms with Gasteiger partial charge in [-0.2, -0.15) is 4.89 Å². The molecule has 0 heterocycles. The van der Waals surface area contributed by atoms with E-state index in [2.05, 4.69) is 0 Å². The second-order valence-corrected chi connectivity index (χ2v) is 5.96. The molecule has 0 aliphatic heterocycles. The van der Waals surface area contributed by atoms with Crippen LogP contribution in [0.5, 0.6) is 0 Å². The highest BCUT2D eigenvalue weighted by Gasteiger charge is 2.37. The van der Waals surface area contributed by atoms with E-state index in [4.69, 9.17) is 19.6 Å². The fourth-order valence-electron chi connectivity index (χ4n) is 2.39. The van der Waals surface area contributed by atoms with Gasteiger partial charge < -0.3 is 9.84 Å². The summed E-state index contributed by atoms with van der Waals surface area (Å²) in [7, 11) is 0. The first kappa shape index (κ1) is 16.2. The molecule has 1 rings (SSSR count). The van der Waals surface area contributed by atoms with Crippen molar-refractivity contribution in [2.45, 2.75) is 77.6 Å². The molecule has 5 nitrogen and oxygen atoms in total. The molecule has 0 amide bonds. The lowest BCUT2D eigenvalue weighted by atomic mass is 9.79. The number of rotatable bonds is 6. The van der Waals surface area contributed by atoms with Gasteiger partial charge in [0.2, 0.25) is 5.79 Å². The zero-order chi connectivity index (χ0) is 14.5. The SMILES string of the molecule is CCC(C)(OOC(C)(C)C1CCCCC1)OC(=O)O. The Bertz CT molecular complexity index is 296.